The van der Waals surface area contributed by atoms with Crippen molar-refractivity contribution in [3.63, 3.8) is 0 Å². The summed E-state index contributed by atoms with van der Waals surface area (Å²) in [4.78, 5) is 25.6. The van der Waals surface area contributed by atoms with Gasteiger partial charge in [-0.1, -0.05) is 18.2 Å². The van der Waals surface area contributed by atoms with Crippen molar-refractivity contribution < 1.29 is 18.7 Å². The average molecular weight is 400 g/mol. The van der Waals surface area contributed by atoms with Crippen molar-refractivity contribution in [3.8, 4) is 17.3 Å². The van der Waals surface area contributed by atoms with Crippen LogP contribution in [0.25, 0.3) is 17.3 Å². The molecule has 1 N–H and O–H groups in total. The van der Waals surface area contributed by atoms with Crippen LogP contribution >= 0.6 is 0 Å². The summed E-state index contributed by atoms with van der Waals surface area (Å²) in [6, 6.07) is 9.33. The van der Waals surface area contributed by atoms with Crippen molar-refractivity contribution >= 4 is 5.91 Å². The zero-order valence-electron chi connectivity index (χ0n) is 15.8. The molecule has 1 aliphatic heterocycles. The van der Waals surface area contributed by atoms with E-state index in [-0.39, 0.29) is 24.6 Å². The van der Waals surface area contributed by atoms with Gasteiger partial charge in [0.2, 0.25) is 5.91 Å². The molecule has 11 heteroatoms. The average Bonchev–Trinajstić information content (AvgIpc) is 3.44. The molecule has 2 aromatic heterocycles. The molecule has 0 bridgehead atoms. The molecule has 1 aromatic carbocycles. The van der Waals surface area contributed by atoms with Crippen LogP contribution in [0.1, 0.15) is 12.1 Å². The summed E-state index contributed by atoms with van der Waals surface area (Å²) >= 11 is 0. The molecule has 4 rings (SSSR count). The Labute approximate surface area is 165 Å². The van der Waals surface area contributed by atoms with Crippen LogP contribution in [0, 0.1) is 6.92 Å². The van der Waals surface area contributed by atoms with Gasteiger partial charge in [0.05, 0.1) is 24.6 Å². The molecule has 11 nitrogen and oxygen atoms in total. The molecule has 0 radical (unpaired) electrons. The number of hydrogen-bond donors (Lipinski definition) is 1. The van der Waals surface area contributed by atoms with Crippen molar-refractivity contribution in [3.05, 3.63) is 46.6 Å². The maximum absolute atomic E-state index is 12.1. The van der Waals surface area contributed by atoms with Gasteiger partial charge >= 0.3 is 5.76 Å². The van der Waals surface area contributed by atoms with Crippen LogP contribution < -0.4 is 11.1 Å². The van der Waals surface area contributed by atoms with Crippen LogP contribution in [0.15, 0.2) is 39.5 Å². The van der Waals surface area contributed by atoms with Crippen LogP contribution in [0.2, 0.25) is 0 Å². The number of nitrogens with zero attached hydrogens (tertiary/aromatic N) is 5. The van der Waals surface area contributed by atoms with Gasteiger partial charge in [0.15, 0.2) is 12.0 Å². The fourth-order valence-electron chi connectivity index (χ4n) is 2.85. The van der Waals surface area contributed by atoms with E-state index in [1.165, 1.54) is 4.80 Å². The molecule has 3 aromatic rings. The topological polar surface area (TPSA) is 126 Å². The highest BCUT2D eigenvalue weighted by Crippen LogP contribution is 2.17. The smallest absolute Gasteiger partial charge is 0.386 e. The second-order valence-corrected chi connectivity index (χ2v) is 6.40. The number of ether oxygens (including phenoxy) is 2. The number of aromatic nitrogens is 5. The largest absolute Gasteiger partial charge is 0.437 e. The lowest BCUT2D eigenvalue weighted by atomic mass is 10.3. The zero-order valence-corrected chi connectivity index (χ0v) is 15.8. The second-order valence-electron chi connectivity index (χ2n) is 6.40. The van der Waals surface area contributed by atoms with Gasteiger partial charge in [-0.05, 0) is 19.1 Å². The van der Waals surface area contributed by atoms with Gasteiger partial charge in [-0.15, -0.1) is 10.2 Å². The van der Waals surface area contributed by atoms with E-state index in [0.717, 1.165) is 10.4 Å². The van der Waals surface area contributed by atoms with E-state index in [1.54, 1.807) is 6.92 Å². The van der Waals surface area contributed by atoms with Crippen LogP contribution in [0.4, 0.5) is 0 Å². The maximum Gasteiger partial charge on any atom is 0.437 e. The fraction of sp³-hybridized carbons (Fsp3) is 0.389. The lowest BCUT2D eigenvalue weighted by Crippen LogP contribution is -2.33. The standard InChI is InChI=1S/C18H20N6O5/c1-12-16(21-24(20-12)13-5-3-2-4-6-13)17-22-23(18(26)29-17)11-14(25)19-8-7-15-27-9-10-28-15/h2-6,15H,7-11H2,1H3,(H,19,25). The third-order valence-corrected chi connectivity index (χ3v) is 4.26. The molecule has 3 heterocycles. The Morgan fingerprint density at radius 1 is 1.17 bits per heavy atom. The van der Waals surface area contributed by atoms with Gasteiger partial charge in [0, 0.05) is 13.0 Å². The van der Waals surface area contributed by atoms with Gasteiger partial charge in [-0.2, -0.15) is 14.6 Å². The summed E-state index contributed by atoms with van der Waals surface area (Å²) in [6.45, 7) is 2.96. The van der Waals surface area contributed by atoms with E-state index in [0.29, 0.717) is 37.6 Å². The lowest BCUT2D eigenvalue weighted by molar-refractivity contribution is -0.122. The van der Waals surface area contributed by atoms with Gasteiger partial charge in [0.1, 0.15) is 6.54 Å². The predicted molar refractivity (Wildman–Crippen MR) is 99.2 cm³/mol. The highest BCUT2D eigenvalue weighted by atomic mass is 16.7. The summed E-state index contributed by atoms with van der Waals surface area (Å²) < 4.78 is 16.7. The lowest BCUT2D eigenvalue weighted by Gasteiger charge is -2.09. The first-order chi connectivity index (χ1) is 14.1. The van der Waals surface area contributed by atoms with Crippen molar-refractivity contribution in [2.45, 2.75) is 26.2 Å². The van der Waals surface area contributed by atoms with E-state index < -0.39 is 5.76 Å². The Morgan fingerprint density at radius 2 is 1.93 bits per heavy atom. The molecule has 0 unspecified atom stereocenters. The second kappa shape index (κ2) is 8.37. The van der Waals surface area contributed by atoms with E-state index in [4.69, 9.17) is 13.9 Å². The number of carbonyl (C=O) groups excluding carboxylic acids is 1. The molecular formula is C18H20N6O5. The molecule has 152 valence electrons. The van der Waals surface area contributed by atoms with E-state index in [9.17, 15) is 9.59 Å². The van der Waals surface area contributed by atoms with Crippen LogP contribution in [-0.4, -0.2) is 56.7 Å². The highest BCUT2D eigenvalue weighted by Gasteiger charge is 2.20. The Hall–Kier alpha value is -3.31. The number of para-hydroxylation sites is 1. The summed E-state index contributed by atoms with van der Waals surface area (Å²) in [5.41, 5.74) is 1.64. The molecule has 0 spiro atoms. The molecule has 1 fully saturated rings. The molecule has 1 saturated heterocycles. The molecule has 1 aliphatic rings. The van der Waals surface area contributed by atoms with Gasteiger partial charge in [0.25, 0.3) is 5.89 Å². The van der Waals surface area contributed by atoms with Crippen molar-refractivity contribution in [1.82, 2.24) is 30.1 Å². The first-order valence-electron chi connectivity index (χ1n) is 9.18. The predicted octanol–water partition coefficient (Wildman–Crippen LogP) is 0.272. The highest BCUT2D eigenvalue weighted by molar-refractivity contribution is 5.75. The first-order valence-corrected chi connectivity index (χ1v) is 9.18. The van der Waals surface area contributed by atoms with Gasteiger partial charge in [-0.3, -0.25) is 4.79 Å². The minimum absolute atomic E-state index is 0.00948. The van der Waals surface area contributed by atoms with Crippen molar-refractivity contribution in [1.29, 1.82) is 0 Å². The van der Waals surface area contributed by atoms with E-state index in [2.05, 4.69) is 20.6 Å². The van der Waals surface area contributed by atoms with E-state index >= 15 is 0 Å². The zero-order chi connectivity index (χ0) is 20.2. The fourth-order valence-corrected chi connectivity index (χ4v) is 2.85. The van der Waals surface area contributed by atoms with Crippen molar-refractivity contribution in [2.75, 3.05) is 19.8 Å². The summed E-state index contributed by atoms with van der Waals surface area (Å²) in [7, 11) is 0. The third-order valence-electron chi connectivity index (χ3n) is 4.26. The number of nitrogens with one attached hydrogen (secondary N) is 1. The Morgan fingerprint density at radius 3 is 2.69 bits per heavy atom. The third kappa shape index (κ3) is 4.41. The van der Waals surface area contributed by atoms with Gasteiger partial charge in [-0.25, -0.2) is 4.79 Å². The van der Waals surface area contributed by atoms with Crippen LogP contribution in [0.3, 0.4) is 0 Å². The molecule has 0 atom stereocenters. The number of rotatable bonds is 7. The Kier molecular flexibility index (Phi) is 5.49. The summed E-state index contributed by atoms with van der Waals surface area (Å²) in [5.74, 6) is -1.10. The first kappa shape index (κ1) is 19.0. The number of hydrogen-bond acceptors (Lipinski definition) is 8. The normalized spacial score (nSPS) is 14.4. The molecule has 0 saturated carbocycles. The number of amides is 1. The quantitative estimate of drug-likeness (QED) is 0.599. The Bertz CT molecular complexity index is 1030. The summed E-state index contributed by atoms with van der Waals surface area (Å²) in [5, 5.41) is 15.5. The molecule has 1 amide bonds. The molecular weight excluding hydrogens is 380 g/mol. The number of benzene rings is 1. The SMILES string of the molecule is Cc1nn(-c2ccccc2)nc1-c1nn(CC(=O)NCCC2OCCO2)c(=O)o1. The molecule has 0 aliphatic carbocycles. The monoisotopic (exact) mass is 400 g/mol. The number of carbonyl (C=O) groups is 1. The van der Waals surface area contributed by atoms with Crippen LogP contribution in [0.5, 0.6) is 0 Å². The Balaban J connectivity index is 1.42. The van der Waals surface area contributed by atoms with Gasteiger partial charge < -0.3 is 19.2 Å². The summed E-state index contributed by atoms with van der Waals surface area (Å²) in [6.07, 6.45) is 0.235. The minimum atomic E-state index is -0.744. The molecule has 29 heavy (non-hydrogen) atoms. The minimum Gasteiger partial charge on any atom is -0.386 e. The van der Waals surface area contributed by atoms with E-state index in [1.807, 2.05) is 30.3 Å². The van der Waals surface area contributed by atoms with Crippen LogP contribution in [-0.2, 0) is 20.8 Å². The van der Waals surface area contributed by atoms with Crippen molar-refractivity contribution in [2.24, 2.45) is 0 Å². The number of aryl methyl sites for hydroxylation is 1. The maximum atomic E-state index is 12.1.